The molecule has 0 spiro atoms. The van der Waals surface area contributed by atoms with Crippen molar-refractivity contribution in [1.29, 1.82) is 5.26 Å². The molecule has 3 rings (SSSR count). The monoisotopic (exact) mass is 608 g/mol. The maximum absolute atomic E-state index is 13.5. The molecule has 0 bridgehead atoms. The summed E-state index contributed by atoms with van der Waals surface area (Å²) < 4.78 is 21.7. The molecule has 0 aliphatic carbocycles. The summed E-state index contributed by atoms with van der Waals surface area (Å²) in [5, 5.41) is 37.2. The molecular weight excluding hydrogens is 572 g/mol. The molecule has 0 saturated carbocycles. The summed E-state index contributed by atoms with van der Waals surface area (Å²) in [6.07, 6.45) is -0.411. The van der Waals surface area contributed by atoms with Crippen molar-refractivity contribution in [2.45, 2.75) is 45.3 Å². The van der Waals surface area contributed by atoms with Crippen LogP contribution in [-0.2, 0) is 25.5 Å². The Morgan fingerprint density at radius 2 is 1.89 bits per heavy atom. The van der Waals surface area contributed by atoms with Crippen molar-refractivity contribution in [2.24, 2.45) is 0 Å². The predicted octanol–water partition coefficient (Wildman–Crippen LogP) is 3.04. The summed E-state index contributed by atoms with van der Waals surface area (Å²) in [5.74, 6) is -1.92. The molecule has 2 aromatic carbocycles. The molecule has 2 atom stereocenters. The molecule has 2 aromatic rings. The molecule has 2 unspecified atom stereocenters. The zero-order valence-corrected chi connectivity index (χ0v) is 25.2. The normalized spacial score (nSPS) is 15.3. The first-order chi connectivity index (χ1) is 21.0. The van der Waals surface area contributed by atoms with Gasteiger partial charge in [0.25, 0.3) is 5.69 Å². The highest BCUT2D eigenvalue weighted by molar-refractivity contribution is 6.00. The molecule has 0 saturated heterocycles. The van der Waals surface area contributed by atoms with Gasteiger partial charge in [0, 0.05) is 36.8 Å². The molecule has 234 valence electrons. The van der Waals surface area contributed by atoms with E-state index in [1.54, 1.807) is 25.1 Å². The number of benzene rings is 2. The highest BCUT2D eigenvalue weighted by atomic mass is 16.6. The SMILES string of the molecule is COC(=O)C1=C(C#N)NC(C)=C(C(=O)OCCc2ccc(OCC(O)CNC(C)C)c(OC)c2)C1c1cccc([N+](=O)[O-])c1. The van der Waals surface area contributed by atoms with E-state index in [4.69, 9.17) is 18.9 Å². The third kappa shape index (κ3) is 8.33. The number of esters is 2. The Labute approximate surface area is 255 Å². The smallest absolute Gasteiger partial charge is 0.337 e. The first-order valence-electron chi connectivity index (χ1n) is 13.8. The van der Waals surface area contributed by atoms with E-state index in [1.807, 2.05) is 19.9 Å². The zero-order chi connectivity index (χ0) is 32.4. The summed E-state index contributed by atoms with van der Waals surface area (Å²) in [7, 11) is 2.62. The van der Waals surface area contributed by atoms with E-state index in [9.17, 15) is 30.1 Å². The fourth-order valence-corrected chi connectivity index (χ4v) is 4.61. The van der Waals surface area contributed by atoms with Crippen LogP contribution >= 0.6 is 0 Å². The number of nitriles is 1. The lowest BCUT2D eigenvalue weighted by atomic mass is 9.80. The first kappa shape index (κ1) is 33.6. The number of aliphatic hydroxyl groups is 1. The number of carbonyl (C=O) groups excluding carboxylic acids is 2. The van der Waals surface area contributed by atoms with Crippen LogP contribution in [0.2, 0.25) is 0 Å². The zero-order valence-electron chi connectivity index (χ0n) is 25.2. The van der Waals surface area contributed by atoms with Gasteiger partial charge < -0.3 is 34.7 Å². The van der Waals surface area contributed by atoms with E-state index < -0.39 is 28.9 Å². The highest BCUT2D eigenvalue weighted by Crippen LogP contribution is 2.40. The van der Waals surface area contributed by atoms with Crippen molar-refractivity contribution in [1.82, 2.24) is 10.6 Å². The lowest BCUT2D eigenvalue weighted by Gasteiger charge is -2.29. The average Bonchev–Trinajstić information content (AvgIpc) is 3.01. The Kier molecular flexibility index (Phi) is 11.8. The summed E-state index contributed by atoms with van der Waals surface area (Å²) in [4.78, 5) is 37.2. The van der Waals surface area contributed by atoms with Gasteiger partial charge in [-0.05, 0) is 30.2 Å². The number of carbonyl (C=O) groups is 2. The average molecular weight is 609 g/mol. The maximum Gasteiger partial charge on any atom is 0.337 e. The fourth-order valence-electron chi connectivity index (χ4n) is 4.61. The molecule has 1 aliphatic heterocycles. The van der Waals surface area contributed by atoms with Gasteiger partial charge in [-0.25, -0.2) is 9.59 Å². The summed E-state index contributed by atoms with van der Waals surface area (Å²) >= 11 is 0. The van der Waals surface area contributed by atoms with Crippen LogP contribution in [-0.4, -0.2) is 68.1 Å². The van der Waals surface area contributed by atoms with Gasteiger partial charge >= 0.3 is 11.9 Å². The molecule has 0 aromatic heterocycles. The topological polar surface area (TPSA) is 182 Å². The van der Waals surface area contributed by atoms with E-state index >= 15 is 0 Å². The molecule has 0 radical (unpaired) electrons. The van der Waals surface area contributed by atoms with Gasteiger partial charge in [-0.3, -0.25) is 10.1 Å². The molecule has 1 aliphatic rings. The largest absolute Gasteiger partial charge is 0.493 e. The highest BCUT2D eigenvalue weighted by Gasteiger charge is 2.39. The van der Waals surface area contributed by atoms with Crippen LogP contribution in [0.4, 0.5) is 5.69 Å². The molecule has 3 N–H and O–H groups in total. The summed E-state index contributed by atoms with van der Waals surface area (Å²) in [6.45, 7) is 5.90. The number of methoxy groups -OCH3 is 2. The number of hydrogen-bond acceptors (Lipinski definition) is 12. The Bertz CT molecular complexity index is 1490. The van der Waals surface area contributed by atoms with E-state index in [-0.39, 0.29) is 53.0 Å². The fraction of sp³-hybridized carbons (Fsp3) is 0.387. The number of non-ortho nitro benzene ring substituents is 1. The van der Waals surface area contributed by atoms with Gasteiger partial charge in [0.2, 0.25) is 0 Å². The van der Waals surface area contributed by atoms with Crippen LogP contribution in [0.25, 0.3) is 0 Å². The second-order valence-electron chi connectivity index (χ2n) is 10.2. The lowest BCUT2D eigenvalue weighted by Crippen LogP contribution is -2.35. The number of nitrogens with zero attached hydrogens (tertiary/aromatic N) is 2. The molecule has 44 heavy (non-hydrogen) atoms. The van der Waals surface area contributed by atoms with Gasteiger partial charge in [-0.1, -0.05) is 32.0 Å². The number of hydrogen-bond donors (Lipinski definition) is 3. The number of aliphatic hydroxyl groups excluding tert-OH is 1. The van der Waals surface area contributed by atoms with E-state index in [2.05, 4.69) is 10.6 Å². The Morgan fingerprint density at radius 3 is 2.52 bits per heavy atom. The van der Waals surface area contributed by atoms with E-state index in [1.165, 1.54) is 31.4 Å². The van der Waals surface area contributed by atoms with Crippen molar-refractivity contribution in [3.8, 4) is 17.6 Å². The quantitative estimate of drug-likeness (QED) is 0.162. The summed E-state index contributed by atoms with van der Waals surface area (Å²) in [6, 6.07) is 12.8. The molecule has 13 nitrogen and oxygen atoms in total. The maximum atomic E-state index is 13.5. The molecule has 0 amide bonds. The first-order valence-corrected chi connectivity index (χ1v) is 13.8. The van der Waals surface area contributed by atoms with Crippen molar-refractivity contribution < 1.29 is 38.6 Å². The predicted molar refractivity (Wildman–Crippen MR) is 159 cm³/mol. The second kappa shape index (κ2) is 15.5. The van der Waals surface area contributed by atoms with Gasteiger partial charge in [0.05, 0.1) is 42.8 Å². The Balaban J connectivity index is 1.79. The molecule has 0 fully saturated rings. The summed E-state index contributed by atoms with van der Waals surface area (Å²) in [5.41, 5.74) is 0.719. The van der Waals surface area contributed by atoms with Crippen molar-refractivity contribution in [3.63, 3.8) is 0 Å². The Hall–Kier alpha value is -4.93. The van der Waals surface area contributed by atoms with Crippen molar-refractivity contribution in [2.75, 3.05) is 34.0 Å². The Morgan fingerprint density at radius 1 is 1.14 bits per heavy atom. The van der Waals surface area contributed by atoms with Crippen molar-refractivity contribution in [3.05, 3.63) is 86.2 Å². The minimum atomic E-state index is -1.16. The van der Waals surface area contributed by atoms with Crippen LogP contribution in [0.15, 0.2) is 65.0 Å². The van der Waals surface area contributed by atoms with Crippen LogP contribution in [0.1, 0.15) is 37.8 Å². The number of allylic oxidation sites excluding steroid dienone is 2. The van der Waals surface area contributed by atoms with Gasteiger partial charge in [0.1, 0.15) is 24.5 Å². The van der Waals surface area contributed by atoms with Crippen LogP contribution in [0.5, 0.6) is 11.5 Å². The third-order valence-electron chi connectivity index (χ3n) is 6.76. The number of rotatable bonds is 14. The second-order valence-corrected chi connectivity index (χ2v) is 10.2. The number of nitrogens with one attached hydrogen (secondary N) is 2. The number of nitro groups is 1. The lowest BCUT2D eigenvalue weighted by molar-refractivity contribution is -0.384. The number of dihydropyridines is 1. The van der Waals surface area contributed by atoms with Crippen LogP contribution in [0, 0.1) is 21.4 Å². The van der Waals surface area contributed by atoms with Crippen LogP contribution in [0.3, 0.4) is 0 Å². The van der Waals surface area contributed by atoms with Gasteiger partial charge in [-0.15, -0.1) is 0 Å². The van der Waals surface area contributed by atoms with Gasteiger partial charge in [0.15, 0.2) is 11.5 Å². The molecule has 13 heteroatoms. The molecule has 1 heterocycles. The van der Waals surface area contributed by atoms with E-state index in [0.717, 1.165) is 12.7 Å². The van der Waals surface area contributed by atoms with Crippen molar-refractivity contribution >= 4 is 17.6 Å². The third-order valence-corrected chi connectivity index (χ3v) is 6.76. The van der Waals surface area contributed by atoms with Crippen LogP contribution < -0.4 is 20.1 Å². The number of nitro benzene ring substituents is 1. The number of ether oxygens (including phenoxy) is 4. The standard InChI is InChI=1S/C31H36N4O9/c1-18(2)33-16-23(36)17-44-25-10-9-20(13-26(25)41-4)11-12-43-31(38)27-19(3)34-24(15-32)29(30(37)42-5)28(27)21-7-6-8-22(14-21)35(39)40/h6-10,13-14,18,23,28,33-34,36H,11-12,16-17H2,1-5H3. The minimum absolute atomic E-state index is 0.0109. The van der Waals surface area contributed by atoms with Gasteiger partial charge in [-0.2, -0.15) is 5.26 Å². The molecular formula is C31H36N4O9. The minimum Gasteiger partial charge on any atom is -0.493 e. The van der Waals surface area contributed by atoms with E-state index in [0.29, 0.717) is 24.5 Å².